The van der Waals surface area contributed by atoms with Crippen molar-refractivity contribution in [3.8, 4) is 22.5 Å². The van der Waals surface area contributed by atoms with E-state index in [1.807, 2.05) is 63.2 Å². The van der Waals surface area contributed by atoms with Gasteiger partial charge in [-0.05, 0) is 63.3 Å². The fourth-order valence-electron chi connectivity index (χ4n) is 4.46. The van der Waals surface area contributed by atoms with Crippen molar-refractivity contribution in [1.29, 1.82) is 0 Å². The number of furan rings is 1. The summed E-state index contributed by atoms with van der Waals surface area (Å²) >= 11 is 0. The molecule has 0 radical (unpaired) electrons. The lowest BCUT2D eigenvalue weighted by Gasteiger charge is -2.43. The van der Waals surface area contributed by atoms with Crippen LogP contribution in [0.1, 0.15) is 45.6 Å². The fourth-order valence-corrected chi connectivity index (χ4v) is 4.46. The number of benzene rings is 2. The Labute approximate surface area is 193 Å². The Balaban J connectivity index is 1.51. The number of ether oxygens (including phenoxy) is 1. The van der Waals surface area contributed by atoms with Gasteiger partial charge in [0, 0.05) is 11.8 Å². The molecule has 2 heterocycles. The monoisotopic (exact) mass is 440 g/mol. The molecule has 1 amide bonds. The van der Waals surface area contributed by atoms with Crippen LogP contribution in [0.25, 0.3) is 33.6 Å². The maximum absolute atomic E-state index is 12.5. The largest absolute Gasteiger partial charge is 0.454 e. The molecule has 0 aliphatic heterocycles. The minimum atomic E-state index is -0.526. The highest BCUT2D eigenvalue weighted by atomic mass is 16.6. The average molecular weight is 441 g/mol. The molecule has 0 saturated heterocycles. The summed E-state index contributed by atoms with van der Waals surface area (Å²) in [6.07, 6.45) is 4.29. The van der Waals surface area contributed by atoms with Crippen LogP contribution < -0.4 is 5.32 Å². The number of nitrogens with one attached hydrogen (secondary N) is 1. The lowest BCUT2D eigenvalue weighted by atomic mass is 9.71. The summed E-state index contributed by atoms with van der Waals surface area (Å²) in [5.41, 5.74) is 4.81. The molecule has 1 fully saturated rings. The normalized spacial score (nSPS) is 15.1. The van der Waals surface area contributed by atoms with E-state index >= 15 is 0 Å². The molecule has 0 spiro atoms. The van der Waals surface area contributed by atoms with Gasteiger partial charge < -0.3 is 14.5 Å². The molecule has 33 heavy (non-hydrogen) atoms. The predicted molar refractivity (Wildman–Crippen MR) is 130 cm³/mol. The highest BCUT2D eigenvalue weighted by Crippen LogP contribution is 2.44. The van der Waals surface area contributed by atoms with Crippen molar-refractivity contribution < 1.29 is 13.9 Å². The van der Waals surface area contributed by atoms with Gasteiger partial charge in [-0.3, -0.25) is 4.98 Å². The quantitative estimate of drug-likeness (QED) is 0.369. The highest BCUT2D eigenvalue weighted by Gasteiger charge is 2.41. The van der Waals surface area contributed by atoms with Crippen LogP contribution in [-0.2, 0) is 10.3 Å². The van der Waals surface area contributed by atoms with E-state index in [-0.39, 0.29) is 11.6 Å². The summed E-state index contributed by atoms with van der Waals surface area (Å²) in [7, 11) is 0. The van der Waals surface area contributed by atoms with E-state index in [1.165, 1.54) is 0 Å². The van der Waals surface area contributed by atoms with Gasteiger partial charge in [0.15, 0.2) is 5.58 Å². The first-order valence-electron chi connectivity index (χ1n) is 11.4. The standard InChI is InChI=1S/C28H28N2O3/c1-27(2,3)33-26(31)30-28(16-8-17-28)21-14-12-19(13-15-21)23-24-22(11-7-18-29-24)32-25(23)20-9-5-4-6-10-20/h4-7,9-15,18H,8,16-17H2,1-3H3,(H,30,31). The first kappa shape index (κ1) is 21.3. The van der Waals surface area contributed by atoms with Crippen molar-refractivity contribution in [3.05, 3.63) is 78.5 Å². The van der Waals surface area contributed by atoms with Crippen molar-refractivity contribution >= 4 is 17.2 Å². The van der Waals surface area contributed by atoms with Crippen LogP contribution in [0.15, 0.2) is 77.3 Å². The van der Waals surface area contributed by atoms with E-state index in [0.717, 1.165) is 58.4 Å². The molecular weight excluding hydrogens is 412 g/mol. The number of nitrogens with zero attached hydrogens (tertiary/aromatic N) is 1. The fraction of sp³-hybridized carbons (Fsp3) is 0.286. The lowest BCUT2D eigenvalue weighted by Crippen LogP contribution is -2.52. The van der Waals surface area contributed by atoms with Gasteiger partial charge in [0.25, 0.3) is 0 Å². The van der Waals surface area contributed by atoms with Crippen molar-refractivity contribution in [2.45, 2.75) is 51.2 Å². The molecule has 5 nitrogen and oxygen atoms in total. The SMILES string of the molecule is CC(C)(C)OC(=O)NC1(c2ccc(-c3c(-c4ccccc4)oc4cccnc34)cc2)CCC1. The third kappa shape index (κ3) is 4.11. The molecule has 2 aromatic carbocycles. The number of hydrogen-bond donors (Lipinski definition) is 1. The van der Waals surface area contributed by atoms with Crippen LogP contribution in [0, 0.1) is 0 Å². The molecule has 0 atom stereocenters. The van der Waals surface area contributed by atoms with Gasteiger partial charge in [0.2, 0.25) is 0 Å². The molecule has 1 N–H and O–H groups in total. The number of hydrogen-bond acceptors (Lipinski definition) is 4. The minimum absolute atomic E-state index is 0.373. The van der Waals surface area contributed by atoms with Crippen LogP contribution in [0.4, 0.5) is 4.79 Å². The smallest absolute Gasteiger partial charge is 0.408 e. The summed E-state index contributed by atoms with van der Waals surface area (Å²) in [6, 6.07) is 22.3. The molecule has 5 rings (SSSR count). The van der Waals surface area contributed by atoms with Crippen LogP contribution in [-0.4, -0.2) is 16.7 Å². The van der Waals surface area contributed by atoms with Gasteiger partial charge in [-0.1, -0.05) is 54.6 Å². The molecule has 1 saturated carbocycles. The lowest BCUT2D eigenvalue weighted by molar-refractivity contribution is 0.0377. The average Bonchev–Trinajstić information content (AvgIpc) is 3.15. The second-order valence-electron chi connectivity index (χ2n) is 9.66. The van der Waals surface area contributed by atoms with Gasteiger partial charge in [-0.2, -0.15) is 0 Å². The Morgan fingerprint density at radius 1 is 0.970 bits per heavy atom. The Morgan fingerprint density at radius 3 is 2.33 bits per heavy atom. The van der Waals surface area contributed by atoms with Gasteiger partial charge in [-0.15, -0.1) is 0 Å². The zero-order valence-electron chi connectivity index (χ0n) is 19.2. The topological polar surface area (TPSA) is 64.4 Å². The second kappa shape index (κ2) is 8.07. The van der Waals surface area contributed by atoms with Crippen LogP contribution in [0.5, 0.6) is 0 Å². The minimum Gasteiger partial charge on any atom is -0.454 e. The maximum Gasteiger partial charge on any atom is 0.408 e. The van der Waals surface area contributed by atoms with E-state index in [1.54, 1.807) is 6.20 Å². The number of rotatable bonds is 4. The number of carbonyl (C=O) groups excluding carboxylic acids is 1. The molecule has 1 aliphatic rings. The maximum atomic E-state index is 12.5. The molecular formula is C28H28N2O3. The summed E-state index contributed by atoms with van der Waals surface area (Å²) in [5, 5.41) is 3.13. The Bertz CT molecular complexity index is 1280. The van der Waals surface area contributed by atoms with E-state index in [9.17, 15) is 4.79 Å². The predicted octanol–water partition coefficient (Wildman–Crippen LogP) is 7.07. The van der Waals surface area contributed by atoms with Crippen LogP contribution in [0.2, 0.25) is 0 Å². The number of pyridine rings is 1. The molecule has 5 heteroatoms. The summed E-state index contributed by atoms with van der Waals surface area (Å²) in [6.45, 7) is 5.63. The van der Waals surface area contributed by atoms with E-state index in [0.29, 0.717) is 0 Å². The zero-order chi connectivity index (χ0) is 23.1. The number of alkyl carbamates (subject to hydrolysis) is 1. The van der Waals surface area contributed by atoms with E-state index in [4.69, 9.17) is 9.15 Å². The number of carbonyl (C=O) groups is 1. The van der Waals surface area contributed by atoms with Crippen molar-refractivity contribution in [2.24, 2.45) is 0 Å². The second-order valence-corrected chi connectivity index (χ2v) is 9.66. The summed E-state index contributed by atoms with van der Waals surface area (Å²) in [5.74, 6) is 0.808. The summed E-state index contributed by atoms with van der Waals surface area (Å²) < 4.78 is 11.7. The van der Waals surface area contributed by atoms with Crippen molar-refractivity contribution in [2.75, 3.05) is 0 Å². The molecule has 2 aromatic heterocycles. The van der Waals surface area contributed by atoms with Crippen LogP contribution in [0.3, 0.4) is 0 Å². The Kier molecular flexibility index (Phi) is 5.20. The first-order chi connectivity index (χ1) is 15.8. The highest BCUT2D eigenvalue weighted by molar-refractivity contribution is 5.99. The summed E-state index contributed by atoms with van der Waals surface area (Å²) in [4.78, 5) is 17.1. The van der Waals surface area contributed by atoms with Gasteiger partial charge >= 0.3 is 6.09 Å². The van der Waals surface area contributed by atoms with Crippen molar-refractivity contribution in [1.82, 2.24) is 10.3 Å². The molecule has 0 bridgehead atoms. The Morgan fingerprint density at radius 2 is 1.70 bits per heavy atom. The molecule has 4 aromatic rings. The van der Waals surface area contributed by atoms with Gasteiger partial charge in [-0.25, -0.2) is 4.79 Å². The van der Waals surface area contributed by atoms with E-state index < -0.39 is 5.60 Å². The molecule has 168 valence electrons. The third-order valence-electron chi connectivity index (χ3n) is 6.16. The molecule has 0 unspecified atom stereocenters. The third-order valence-corrected chi connectivity index (χ3v) is 6.16. The molecule has 1 aliphatic carbocycles. The Hall–Kier alpha value is -3.60. The van der Waals surface area contributed by atoms with Gasteiger partial charge in [0.1, 0.15) is 16.9 Å². The number of fused-ring (bicyclic) bond motifs is 1. The van der Waals surface area contributed by atoms with Crippen molar-refractivity contribution in [3.63, 3.8) is 0 Å². The van der Waals surface area contributed by atoms with Crippen LogP contribution >= 0.6 is 0 Å². The first-order valence-corrected chi connectivity index (χ1v) is 11.4. The number of aromatic nitrogens is 1. The van der Waals surface area contributed by atoms with Gasteiger partial charge in [0.05, 0.1) is 11.1 Å². The zero-order valence-corrected chi connectivity index (χ0v) is 19.2. The van der Waals surface area contributed by atoms with E-state index in [2.05, 4.69) is 34.6 Å². The number of amides is 1.